The number of hydrogen-bond acceptors (Lipinski definition) is 40. The monoisotopic (exact) mass is 2090 g/mol. The van der Waals surface area contributed by atoms with Crippen LogP contribution in [0.3, 0.4) is 0 Å². The highest BCUT2D eigenvalue weighted by molar-refractivity contribution is 8.76. The third kappa shape index (κ3) is 63.8. The summed E-state index contributed by atoms with van der Waals surface area (Å²) in [6.07, 6.45) is 5.05. The molecule has 0 radical (unpaired) electrons. The second kappa shape index (κ2) is 83.5. The molecule has 0 saturated carbocycles. The zero-order valence-corrected chi connectivity index (χ0v) is 84.6. The van der Waals surface area contributed by atoms with Crippen LogP contribution in [-0.4, -0.2) is 443 Å². The van der Waals surface area contributed by atoms with E-state index >= 15 is 0 Å². The second-order valence-electron chi connectivity index (χ2n) is 30.3. The van der Waals surface area contributed by atoms with Gasteiger partial charge in [0.25, 0.3) is 11.8 Å². The Morgan fingerprint density at radius 3 is 1.30 bits per heavy atom. The number of nitrogens with zero attached hydrogens (tertiary/aromatic N) is 4. The number of furan rings is 1. The fourth-order valence-corrected chi connectivity index (χ4v) is 14.6. The van der Waals surface area contributed by atoms with Gasteiger partial charge in [-0.15, -0.1) is 0 Å². The summed E-state index contributed by atoms with van der Waals surface area (Å²) in [5.41, 5.74) is 8.32. The first kappa shape index (κ1) is 123. The van der Waals surface area contributed by atoms with Gasteiger partial charge in [-0.25, -0.2) is 22.8 Å². The topological polar surface area (TPSA) is 487 Å². The van der Waals surface area contributed by atoms with Crippen LogP contribution >= 0.6 is 33.2 Å². The lowest BCUT2D eigenvalue weighted by Gasteiger charge is -2.21. The number of hydrogen-bond donors (Lipinski definition) is 5. The molecule has 43 nitrogen and oxygen atoms in total. The van der Waals surface area contributed by atoms with Gasteiger partial charge in [0.05, 0.1) is 346 Å². The molecule has 0 saturated heterocycles. The quantitative estimate of drug-likeness (QED) is 0.0203. The number of rotatable bonds is 98. The maximum atomic E-state index is 13.7. The molecular formula is C94H145ClFN9O34S3. The maximum Gasteiger partial charge on any atom is 0.254 e. The lowest BCUT2D eigenvalue weighted by atomic mass is 10.1. The predicted molar refractivity (Wildman–Crippen MR) is 525 cm³/mol. The van der Waals surface area contributed by atoms with Gasteiger partial charge in [-0.3, -0.25) is 33.7 Å². The molecule has 802 valence electrons. The van der Waals surface area contributed by atoms with Gasteiger partial charge in [-0.2, -0.15) is 0 Å². The maximum absolute atomic E-state index is 13.7. The molecule has 6 amide bonds. The lowest BCUT2D eigenvalue weighted by molar-refractivity contribution is -0.141. The van der Waals surface area contributed by atoms with E-state index < -0.39 is 46.1 Å². The number of sulfone groups is 1. The summed E-state index contributed by atoms with van der Waals surface area (Å²) in [7, 11) is -0.408. The Hall–Kier alpha value is -7.49. The minimum absolute atomic E-state index is 0.0212. The summed E-state index contributed by atoms with van der Waals surface area (Å²) in [4.78, 5) is 84.6. The van der Waals surface area contributed by atoms with Crippen molar-refractivity contribution in [2.75, 3.05) is 379 Å². The molecule has 1 aliphatic rings. The number of nitrogens with one attached hydrogen (secondary N) is 4. The van der Waals surface area contributed by atoms with Gasteiger partial charge in [0.2, 0.25) is 23.6 Å². The van der Waals surface area contributed by atoms with E-state index in [2.05, 4.69) is 31.2 Å². The molecule has 0 bridgehead atoms. The molecule has 6 rings (SSSR count). The van der Waals surface area contributed by atoms with Crippen LogP contribution < -0.4 is 31.7 Å². The first-order valence-electron chi connectivity index (χ1n) is 47.5. The number of ether oxygens (including phenoxy) is 25. The Morgan fingerprint density at radius 2 is 0.887 bits per heavy atom. The number of aromatic nitrogens is 2. The van der Waals surface area contributed by atoms with Crippen molar-refractivity contribution >= 4 is 101 Å². The number of nitrogens with two attached hydrogens (primary N) is 1. The van der Waals surface area contributed by atoms with Gasteiger partial charge in [-0.05, 0) is 66.2 Å². The standard InChI is InChI=1S/C94H145ClFN9O34S3/c1-142(112,113)68-17-104(73-81-7-10-86(139-81)78-5-8-84-82(70-78)93(101-76-100-84)102-80-6-9-87(83(95)71-80)138-75-77-3-2-4-79(96)69-77)90(108)13-18-114-20-22-116-24-26-118-28-30-120-32-34-122-36-38-124-40-42-126-44-46-128-48-50-130-52-54-132-56-58-134-60-62-136-64-65-137-63-61-135-59-57-133-55-53-131-51-49-129-47-45-127-43-41-125-39-37-123-35-33-121-31-29-119-27-25-117-23-21-115-19-15-98-88(106)14-66-140-141-67-16-99-94(111)85(72-97)103-89(107)74-105-91(109)11-12-92(105)110/h2-12,69-71,76,85H,13-68,72-75,97H2,1H3,(H,98,106)(H,99,111)(H,103,107)(H,100,101,102). The van der Waals surface area contributed by atoms with Crippen molar-refractivity contribution in [3.8, 4) is 17.1 Å². The van der Waals surface area contributed by atoms with Crippen molar-refractivity contribution in [2.24, 2.45) is 5.73 Å². The van der Waals surface area contributed by atoms with Gasteiger partial charge >= 0.3 is 0 Å². The molecule has 142 heavy (non-hydrogen) atoms. The van der Waals surface area contributed by atoms with Crippen molar-refractivity contribution in [1.29, 1.82) is 0 Å². The van der Waals surface area contributed by atoms with E-state index in [1.165, 1.54) is 44.9 Å². The molecule has 1 unspecified atom stereocenters. The number of benzene rings is 3. The Kier molecular flexibility index (Phi) is 72.5. The molecule has 6 N–H and O–H groups in total. The van der Waals surface area contributed by atoms with Crippen molar-refractivity contribution in [3.05, 3.63) is 113 Å². The van der Waals surface area contributed by atoms with E-state index in [-0.39, 0.29) is 69.3 Å². The summed E-state index contributed by atoms with van der Waals surface area (Å²) in [6.45, 7) is 20.4. The smallest absolute Gasteiger partial charge is 0.254 e. The molecular weight excluding hydrogens is 1950 g/mol. The van der Waals surface area contributed by atoms with Crippen LogP contribution in [0.25, 0.3) is 22.2 Å². The van der Waals surface area contributed by atoms with Gasteiger partial charge in [0, 0.05) is 79.2 Å². The van der Waals surface area contributed by atoms with Crippen molar-refractivity contribution in [3.63, 3.8) is 0 Å². The molecule has 5 aromatic rings. The van der Waals surface area contributed by atoms with E-state index in [4.69, 9.17) is 140 Å². The van der Waals surface area contributed by atoms with Crippen molar-refractivity contribution in [1.82, 2.24) is 35.7 Å². The Labute approximate surface area is 843 Å². The van der Waals surface area contributed by atoms with Crippen LogP contribution in [0.2, 0.25) is 5.02 Å². The number of carbonyl (C=O) groups is 6. The van der Waals surface area contributed by atoms with E-state index in [9.17, 15) is 41.6 Å². The van der Waals surface area contributed by atoms with Crippen LogP contribution in [-0.2, 0) is 165 Å². The zero-order valence-electron chi connectivity index (χ0n) is 81.4. The van der Waals surface area contributed by atoms with Crippen LogP contribution in [0.15, 0.2) is 95.7 Å². The highest BCUT2D eigenvalue weighted by atomic mass is 35.5. The van der Waals surface area contributed by atoms with E-state index in [1.807, 2.05) is 18.2 Å². The number of anilines is 2. The Morgan fingerprint density at radius 1 is 0.472 bits per heavy atom. The molecule has 1 atom stereocenters. The third-order valence-corrected chi connectivity index (χ3v) is 22.8. The Balaban J connectivity index is 0.555. The van der Waals surface area contributed by atoms with Gasteiger partial charge in [0.1, 0.15) is 64.3 Å². The molecule has 3 heterocycles. The minimum Gasteiger partial charge on any atom is -0.487 e. The largest absolute Gasteiger partial charge is 0.487 e. The molecule has 0 fully saturated rings. The highest BCUT2D eigenvalue weighted by Crippen LogP contribution is 2.34. The molecule has 1 aliphatic heterocycles. The number of imide groups is 1. The molecule has 48 heteroatoms. The van der Waals surface area contributed by atoms with Crippen molar-refractivity contribution < 1.29 is 164 Å². The van der Waals surface area contributed by atoms with Gasteiger partial charge < -0.3 is 155 Å². The van der Waals surface area contributed by atoms with Crippen LogP contribution in [0.1, 0.15) is 24.2 Å². The van der Waals surface area contributed by atoms with Gasteiger partial charge in [-0.1, -0.05) is 45.3 Å². The SMILES string of the molecule is CS(=O)(=O)CCN(Cc1ccc(-c2ccc3ncnc(Nc4ccc(OCc5cccc(F)c5)c(Cl)c4)c3c2)o1)C(=O)CCOCCOCCOCCOCCOCCOCCOCCOCCOCCOCCOCCOCCOCCOCCOCCOCCOCCOCCOCCOCCOCCOCCOCCOCCNC(=O)CCSSCCNC(=O)C(CN)NC(=O)CN1C(=O)C=CC1=O. The van der Waals surface area contributed by atoms with Crippen LogP contribution in [0, 0.1) is 5.82 Å². The van der Waals surface area contributed by atoms with Crippen LogP contribution in [0.5, 0.6) is 5.75 Å². The van der Waals surface area contributed by atoms with E-state index in [1.54, 1.807) is 42.5 Å². The third-order valence-electron chi connectivity index (χ3n) is 19.1. The lowest BCUT2D eigenvalue weighted by Crippen LogP contribution is -2.53. The number of carbonyl (C=O) groups excluding carboxylic acids is 6. The molecule has 0 aliphatic carbocycles. The molecule has 3 aromatic carbocycles. The summed E-state index contributed by atoms with van der Waals surface area (Å²) in [5, 5.41) is 12.3. The first-order valence-corrected chi connectivity index (χ1v) is 52.4. The van der Waals surface area contributed by atoms with Crippen LogP contribution in [0.4, 0.5) is 15.9 Å². The first-order chi connectivity index (χ1) is 69.5. The van der Waals surface area contributed by atoms with E-state index in [0.29, 0.717) is 385 Å². The average molecular weight is 2100 g/mol. The molecule has 0 spiro atoms. The van der Waals surface area contributed by atoms with Crippen molar-refractivity contribution in [2.45, 2.75) is 32.0 Å². The summed E-state index contributed by atoms with van der Waals surface area (Å²) >= 11 is 6.58. The summed E-state index contributed by atoms with van der Waals surface area (Å²) in [5.74, 6) is -0.276. The van der Waals surface area contributed by atoms with E-state index in [0.717, 1.165) is 28.9 Å². The number of amides is 6. The fraction of sp³-hybridized carbons (Fsp3) is 0.660. The predicted octanol–water partition coefficient (Wildman–Crippen LogP) is 4.54. The van der Waals surface area contributed by atoms with Gasteiger partial charge in [0.15, 0.2) is 0 Å². The Bertz CT molecular complexity index is 4270. The number of halogens is 2. The average Bonchev–Trinajstić information content (AvgIpc) is 1.33. The highest BCUT2D eigenvalue weighted by Gasteiger charge is 2.28. The summed E-state index contributed by atoms with van der Waals surface area (Å²) in [6, 6.07) is 19.5. The number of fused-ring (bicyclic) bond motifs is 1. The minimum atomic E-state index is -3.38. The summed E-state index contributed by atoms with van der Waals surface area (Å²) < 4.78 is 183. The molecule has 2 aromatic heterocycles. The second-order valence-corrected chi connectivity index (χ2v) is 35.7. The fourth-order valence-electron chi connectivity index (χ4n) is 11.9. The zero-order chi connectivity index (χ0) is 101. The normalized spacial score (nSPS) is 12.4.